The number of ether oxygens (including phenoxy) is 2. The summed E-state index contributed by atoms with van der Waals surface area (Å²) < 4.78 is 120. The van der Waals surface area contributed by atoms with Gasteiger partial charge in [0.2, 0.25) is 20.0 Å². The molecule has 4 aromatic carbocycles. The molecule has 1 amide bonds. The summed E-state index contributed by atoms with van der Waals surface area (Å²) in [5.41, 5.74) is 5.06. The summed E-state index contributed by atoms with van der Waals surface area (Å²) in [5.74, 6) is -4.35. The Labute approximate surface area is 323 Å². The monoisotopic (exact) mass is 816 g/mol. The van der Waals surface area contributed by atoms with E-state index in [1.165, 1.54) is 4.31 Å². The molecule has 0 N–H and O–H groups in total. The van der Waals surface area contributed by atoms with Crippen LogP contribution in [-0.2, 0) is 42.7 Å². The number of cyclic esters (lactones) is 1. The summed E-state index contributed by atoms with van der Waals surface area (Å²) in [7, 11) is -8.52. The second kappa shape index (κ2) is 16.1. The second-order valence-corrected chi connectivity index (χ2v) is 17.7. The molecule has 17 heteroatoms. The van der Waals surface area contributed by atoms with Crippen molar-refractivity contribution in [1.29, 1.82) is 0 Å². The summed E-state index contributed by atoms with van der Waals surface area (Å²) in [5, 5.41) is 0. The Morgan fingerprint density at radius 2 is 1.09 bits per heavy atom. The number of piperidine rings is 2. The molecule has 8 rings (SSSR count). The van der Waals surface area contributed by atoms with E-state index >= 15 is 0 Å². The van der Waals surface area contributed by atoms with Gasteiger partial charge >= 0.3 is 6.09 Å². The largest absolute Gasteiger partial charge is 0.444 e. The molecule has 11 nitrogen and oxygen atoms in total. The fourth-order valence-electron chi connectivity index (χ4n) is 7.83. The number of halogens is 4. The maximum Gasteiger partial charge on any atom is 0.414 e. The first-order chi connectivity index (χ1) is 26.8. The molecule has 4 aliphatic rings. The van der Waals surface area contributed by atoms with Crippen molar-refractivity contribution in [3.63, 3.8) is 0 Å². The minimum Gasteiger partial charge on any atom is -0.444 e. The maximum absolute atomic E-state index is 14.0. The van der Waals surface area contributed by atoms with Crippen molar-refractivity contribution in [2.45, 2.75) is 67.7 Å². The van der Waals surface area contributed by atoms with Crippen LogP contribution in [0.15, 0.2) is 88.7 Å². The van der Waals surface area contributed by atoms with Crippen LogP contribution in [0.2, 0.25) is 0 Å². The fourth-order valence-corrected chi connectivity index (χ4v) is 11.0. The lowest BCUT2D eigenvalue weighted by Crippen LogP contribution is -2.50. The third-order valence-electron chi connectivity index (χ3n) is 10.6. The molecule has 0 bridgehead atoms. The lowest BCUT2D eigenvalue weighted by molar-refractivity contribution is 0.0985. The average Bonchev–Trinajstić information content (AvgIpc) is 3.18. The van der Waals surface area contributed by atoms with E-state index in [1.807, 2.05) is 36.4 Å². The molecular formula is C39H40F4N4O7S2. The number of hydrogen-bond acceptors (Lipinski definition) is 8. The predicted octanol–water partition coefficient (Wildman–Crippen LogP) is 6.70. The molecule has 0 atom stereocenters. The van der Waals surface area contributed by atoms with Crippen LogP contribution in [0.5, 0.6) is 0 Å². The molecule has 0 aromatic heterocycles. The molecule has 0 saturated carbocycles. The quantitative estimate of drug-likeness (QED) is 0.198. The predicted molar refractivity (Wildman–Crippen MR) is 199 cm³/mol. The zero-order valence-electron chi connectivity index (χ0n) is 30.4. The molecule has 2 saturated heterocycles. The van der Waals surface area contributed by atoms with Crippen molar-refractivity contribution in [2.75, 3.05) is 42.7 Å². The highest BCUT2D eigenvalue weighted by molar-refractivity contribution is 7.89. The molecule has 298 valence electrons. The number of aryl methyl sites for hydroxylation is 1. The molecule has 0 unspecified atom stereocenters. The first-order valence-corrected chi connectivity index (χ1v) is 21.0. The number of para-hydroxylation sites is 2. The zero-order chi connectivity index (χ0) is 39.8. The van der Waals surface area contributed by atoms with Crippen LogP contribution < -0.4 is 9.80 Å². The van der Waals surface area contributed by atoms with Crippen LogP contribution in [0.3, 0.4) is 0 Å². The molecule has 4 heterocycles. The zero-order valence-corrected chi connectivity index (χ0v) is 32.0. The smallest absolute Gasteiger partial charge is 0.414 e. The van der Waals surface area contributed by atoms with Crippen molar-refractivity contribution >= 4 is 37.5 Å². The van der Waals surface area contributed by atoms with Gasteiger partial charge in [-0.05, 0) is 68.5 Å². The van der Waals surface area contributed by atoms with Crippen molar-refractivity contribution in [3.8, 4) is 0 Å². The highest BCUT2D eigenvalue weighted by Gasteiger charge is 2.39. The van der Waals surface area contributed by atoms with E-state index in [-0.39, 0.29) is 44.9 Å². The normalized spacial score (nSPS) is 18.8. The lowest BCUT2D eigenvalue weighted by atomic mass is 10.00. The Hall–Kier alpha value is -4.55. The molecule has 0 radical (unpaired) electrons. The third kappa shape index (κ3) is 7.62. The Morgan fingerprint density at radius 1 is 0.607 bits per heavy atom. The third-order valence-corrected chi connectivity index (χ3v) is 14.5. The minimum absolute atomic E-state index is 0.0483. The van der Waals surface area contributed by atoms with E-state index in [2.05, 4.69) is 17.9 Å². The van der Waals surface area contributed by atoms with Gasteiger partial charge < -0.3 is 14.4 Å². The average molecular weight is 817 g/mol. The standard InChI is InChI=1S/C20H22F2N2O3S.C19H18F2N2O4S/c1-14-4-2-5-15-12-27-13-24(19(14)15)16-8-10-23(11-9-16)28(25,26)20-17(21)6-3-7-18(20)22;20-15-5-3-6-16(21)18(15)28(25,26)22-10-8-14(9-11-22)23-17-7-2-1-4-13(17)12-27-19(23)24/h2-7,16H,8-13H2,1H3;1-7,14H,8-12H2. The van der Waals surface area contributed by atoms with E-state index < -0.39 is 59.2 Å². The number of rotatable bonds is 6. The van der Waals surface area contributed by atoms with Gasteiger partial charge in [0.25, 0.3) is 0 Å². The molecule has 2 fully saturated rings. The molecule has 0 aliphatic carbocycles. The SMILES string of the molecule is Cc1cccc2c1N(C1CCN(S(=O)(=O)c3c(F)cccc3F)CC1)COC2.O=C1OCc2ccccc2N1C1CCN(S(=O)(=O)c2c(F)cccc2F)CC1. The number of sulfonamides is 2. The van der Waals surface area contributed by atoms with Gasteiger partial charge in [0.05, 0.1) is 12.3 Å². The van der Waals surface area contributed by atoms with Crippen molar-refractivity contribution in [2.24, 2.45) is 0 Å². The summed E-state index contributed by atoms with van der Waals surface area (Å²) >= 11 is 0. The molecule has 4 aromatic rings. The number of fused-ring (bicyclic) bond motifs is 2. The van der Waals surface area contributed by atoms with E-state index in [1.54, 1.807) is 4.90 Å². The molecule has 56 heavy (non-hydrogen) atoms. The van der Waals surface area contributed by atoms with E-state index in [4.69, 9.17) is 9.47 Å². The first kappa shape index (κ1) is 39.7. The van der Waals surface area contributed by atoms with Crippen LogP contribution in [0.1, 0.15) is 42.4 Å². The van der Waals surface area contributed by atoms with Crippen LogP contribution in [0.25, 0.3) is 0 Å². The van der Waals surface area contributed by atoms with Crippen LogP contribution in [0, 0.1) is 30.2 Å². The van der Waals surface area contributed by atoms with Crippen molar-refractivity contribution in [3.05, 3.63) is 119 Å². The number of amides is 1. The Morgan fingerprint density at radius 3 is 1.64 bits per heavy atom. The number of nitrogens with zero attached hydrogens (tertiary/aromatic N) is 4. The summed E-state index contributed by atoms with van der Waals surface area (Å²) in [6.45, 7) is 3.78. The minimum atomic E-state index is -4.30. The number of hydrogen-bond donors (Lipinski definition) is 0. The molecule has 4 aliphatic heterocycles. The van der Waals surface area contributed by atoms with Gasteiger partial charge in [-0.15, -0.1) is 0 Å². The lowest BCUT2D eigenvalue weighted by Gasteiger charge is -2.42. The maximum atomic E-state index is 14.0. The Kier molecular flexibility index (Phi) is 11.4. The van der Waals surface area contributed by atoms with Gasteiger partial charge in [-0.1, -0.05) is 48.5 Å². The van der Waals surface area contributed by atoms with Gasteiger partial charge in [-0.25, -0.2) is 39.2 Å². The number of anilines is 2. The first-order valence-electron chi connectivity index (χ1n) is 18.1. The van der Waals surface area contributed by atoms with Crippen molar-refractivity contribution in [1.82, 2.24) is 8.61 Å². The topological polar surface area (TPSA) is 117 Å². The Balaban J connectivity index is 0.000000172. The van der Waals surface area contributed by atoms with Gasteiger partial charge in [0.1, 0.15) is 36.6 Å². The summed E-state index contributed by atoms with van der Waals surface area (Å²) in [4.78, 5) is 14.2. The van der Waals surface area contributed by atoms with Gasteiger partial charge in [0.15, 0.2) is 9.79 Å². The van der Waals surface area contributed by atoms with Crippen molar-refractivity contribution < 1.29 is 48.7 Å². The highest BCUT2D eigenvalue weighted by atomic mass is 32.2. The Bertz CT molecular complexity index is 2290. The fraction of sp³-hybridized carbons (Fsp3) is 0.359. The van der Waals surface area contributed by atoms with E-state index in [0.29, 0.717) is 39.0 Å². The second-order valence-electron chi connectivity index (χ2n) is 14.0. The molecule has 0 spiro atoms. The number of carbonyl (C=O) groups excluding carboxylic acids is 1. The van der Waals surface area contributed by atoms with Crippen LogP contribution >= 0.6 is 0 Å². The molecular weight excluding hydrogens is 777 g/mol. The van der Waals surface area contributed by atoms with Gasteiger partial charge in [-0.3, -0.25) is 4.90 Å². The van der Waals surface area contributed by atoms with E-state index in [0.717, 1.165) is 68.8 Å². The highest BCUT2D eigenvalue weighted by Crippen LogP contribution is 2.36. The van der Waals surface area contributed by atoms with Gasteiger partial charge in [0, 0.05) is 55.1 Å². The van der Waals surface area contributed by atoms with Gasteiger partial charge in [-0.2, -0.15) is 8.61 Å². The summed E-state index contributed by atoms with van der Waals surface area (Å²) in [6.07, 6.45) is 1.32. The van der Waals surface area contributed by atoms with E-state index in [9.17, 15) is 39.2 Å². The van der Waals surface area contributed by atoms with Crippen LogP contribution in [0.4, 0.5) is 33.7 Å². The van der Waals surface area contributed by atoms with Crippen LogP contribution in [-0.4, -0.2) is 76.5 Å². The number of carbonyl (C=O) groups is 1. The summed E-state index contributed by atoms with van der Waals surface area (Å²) in [6, 6.07) is 19.4. The number of benzene rings is 4.